The number of likely N-dealkylation sites (tertiary alicyclic amines) is 1. The van der Waals surface area contributed by atoms with Gasteiger partial charge in [0.05, 0.1) is 31.6 Å². The monoisotopic (exact) mass is 464 g/mol. The third-order valence-corrected chi connectivity index (χ3v) is 6.43. The average molecular weight is 465 g/mol. The van der Waals surface area contributed by atoms with Gasteiger partial charge in [0.25, 0.3) is 0 Å². The smallest absolute Gasteiger partial charge is 0.327 e. The number of benzene rings is 2. The van der Waals surface area contributed by atoms with Crippen molar-refractivity contribution in [2.45, 2.75) is 38.4 Å². The third kappa shape index (κ3) is 4.09. The summed E-state index contributed by atoms with van der Waals surface area (Å²) in [4.78, 5) is 54.8. The fraction of sp³-hybridized carbons (Fsp3) is 0.385. The van der Waals surface area contributed by atoms with Gasteiger partial charge in [0, 0.05) is 6.42 Å². The highest BCUT2D eigenvalue weighted by Gasteiger charge is 2.70. The van der Waals surface area contributed by atoms with Crippen molar-refractivity contribution < 1.29 is 28.7 Å². The first-order valence-electron chi connectivity index (χ1n) is 11.5. The van der Waals surface area contributed by atoms with E-state index in [0.717, 1.165) is 16.0 Å². The van der Waals surface area contributed by atoms with Crippen molar-refractivity contribution >= 4 is 23.8 Å². The lowest BCUT2D eigenvalue weighted by Gasteiger charge is -2.32. The molecule has 2 aromatic rings. The van der Waals surface area contributed by atoms with Crippen LogP contribution in [0.3, 0.4) is 0 Å². The number of imide groups is 1. The Hall–Kier alpha value is -3.52. The van der Waals surface area contributed by atoms with Crippen LogP contribution < -0.4 is 5.32 Å². The van der Waals surface area contributed by atoms with E-state index in [0.29, 0.717) is 0 Å². The minimum Gasteiger partial charge on any atom is -0.465 e. The number of esters is 2. The molecular weight excluding hydrogens is 436 g/mol. The van der Waals surface area contributed by atoms with Gasteiger partial charge < -0.3 is 9.47 Å². The molecule has 1 N–H and O–H groups in total. The Kier molecular flexibility index (Phi) is 6.79. The van der Waals surface area contributed by atoms with Crippen molar-refractivity contribution in [3.05, 3.63) is 71.8 Å². The van der Waals surface area contributed by atoms with Crippen LogP contribution in [0.2, 0.25) is 0 Å². The number of nitrogens with one attached hydrogen (secondary N) is 1. The summed E-state index contributed by atoms with van der Waals surface area (Å²) in [6.07, 6.45) is 0.0853. The van der Waals surface area contributed by atoms with Crippen molar-refractivity contribution in [1.29, 1.82) is 0 Å². The maximum Gasteiger partial charge on any atom is 0.327 e. The van der Waals surface area contributed by atoms with Crippen LogP contribution in [-0.4, -0.2) is 53.4 Å². The van der Waals surface area contributed by atoms with Gasteiger partial charge in [-0.2, -0.15) is 0 Å². The van der Waals surface area contributed by atoms with Crippen LogP contribution in [0.4, 0.5) is 0 Å². The number of rotatable bonds is 8. The van der Waals surface area contributed by atoms with E-state index in [4.69, 9.17) is 9.47 Å². The fourth-order valence-electron chi connectivity index (χ4n) is 5.02. The molecule has 0 saturated carbocycles. The predicted molar refractivity (Wildman–Crippen MR) is 122 cm³/mol. The van der Waals surface area contributed by atoms with Crippen molar-refractivity contribution in [3.63, 3.8) is 0 Å². The van der Waals surface area contributed by atoms with Gasteiger partial charge in [-0.1, -0.05) is 60.7 Å². The number of hydrogen-bond acceptors (Lipinski definition) is 7. The first kappa shape index (κ1) is 23.6. The first-order valence-corrected chi connectivity index (χ1v) is 11.5. The molecule has 2 saturated heterocycles. The van der Waals surface area contributed by atoms with Crippen LogP contribution in [0, 0.1) is 11.8 Å². The second-order valence-corrected chi connectivity index (χ2v) is 8.48. The molecule has 2 aliphatic heterocycles. The molecule has 2 aliphatic rings. The van der Waals surface area contributed by atoms with E-state index in [2.05, 4.69) is 5.32 Å². The van der Waals surface area contributed by atoms with Gasteiger partial charge in [0.2, 0.25) is 11.8 Å². The summed E-state index contributed by atoms with van der Waals surface area (Å²) in [5.41, 5.74) is -0.0415. The van der Waals surface area contributed by atoms with E-state index in [1.165, 1.54) is 0 Å². The molecular formula is C26H28N2O6. The lowest BCUT2D eigenvalue weighted by Crippen LogP contribution is -2.59. The topological polar surface area (TPSA) is 102 Å². The molecule has 34 heavy (non-hydrogen) atoms. The van der Waals surface area contributed by atoms with Crippen LogP contribution in [0.15, 0.2) is 60.7 Å². The first-order chi connectivity index (χ1) is 16.4. The molecule has 0 aromatic heterocycles. The van der Waals surface area contributed by atoms with Gasteiger partial charge in [0.15, 0.2) is 0 Å². The molecule has 0 bridgehead atoms. The molecule has 4 atom stereocenters. The number of nitrogens with zero attached hydrogens (tertiary/aromatic N) is 1. The lowest BCUT2D eigenvalue weighted by atomic mass is 9.76. The summed E-state index contributed by atoms with van der Waals surface area (Å²) in [5.74, 6) is -4.49. The second-order valence-electron chi connectivity index (χ2n) is 8.48. The number of carbonyl (C=O) groups is 4. The largest absolute Gasteiger partial charge is 0.465 e. The highest BCUT2D eigenvalue weighted by Crippen LogP contribution is 2.46. The summed E-state index contributed by atoms with van der Waals surface area (Å²) < 4.78 is 10.6. The molecule has 8 heteroatoms. The third-order valence-electron chi connectivity index (χ3n) is 6.43. The van der Waals surface area contributed by atoms with E-state index in [1.54, 1.807) is 13.8 Å². The minimum absolute atomic E-state index is 0.0608. The maximum atomic E-state index is 13.7. The van der Waals surface area contributed by atoms with Gasteiger partial charge in [-0.3, -0.25) is 29.4 Å². The highest BCUT2D eigenvalue weighted by atomic mass is 16.5. The Morgan fingerprint density at radius 1 is 0.882 bits per heavy atom. The molecule has 0 unspecified atom stereocenters. The van der Waals surface area contributed by atoms with Crippen molar-refractivity contribution in [1.82, 2.24) is 10.2 Å². The molecule has 178 valence electrons. The summed E-state index contributed by atoms with van der Waals surface area (Å²) >= 11 is 0. The lowest BCUT2D eigenvalue weighted by molar-refractivity contribution is -0.157. The molecule has 0 radical (unpaired) electrons. The Morgan fingerprint density at radius 3 is 2.06 bits per heavy atom. The number of hydrogen-bond donors (Lipinski definition) is 1. The summed E-state index contributed by atoms with van der Waals surface area (Å²) in [6.45, 7) is 3.60. The Morgan fingerprint density at radius 2 is 1.47 bits per heavy atom. The highest BCUT2D eigenvalue weighted by molar-refractivity contribution is 6.11. The zero-order chi connectivity index (χ0) is 24.3. The van der Waals surface area contributed by atoms with Gasteiger partial charge in [-0.15, -0.1) is 0 Å². The SMILES string of the molecule is CCOC(=O)[C@@H]1N[C@](Cc2ccccc2)(C(=O)OCC)[C@@H]2C(=O)N(Cc3ccccc3)C(=O)[C@@H]21. The molecule has 4 rings (SSSR count). The zero-order valence-electron chi connectivity index (χ0n) is 19.2. The van der Waals surface area contributed by atoms with Gasteiger partial charge >= 0.3 is 11.9 Å². The van der Waals surface area contributed by atoms with Gasteiger partial charge in [-0.25, -0.2) is 0 Å². The molecule has 0 aliphatic carbocycles. The Labute approximate surface area is 198 Å². The van der Waals surface area contributed by atoms with Crippen LogP contribution in [0.1, 0.15) is 25.0 Å². The van der Waals surface area contributed by atoms with E-state index >= 15 is 0 Å². The van der Waals surface area contributed by atoms with Crippen molar-refractivity contribution in [3.8, 4) is 0 Å². The van der Waals surface area contributed by atoms with Crippen molar-refractivity contribution in [2.75, 3.05) is 13.2 Å². The second kappa shape index (κ2) is 9.77. The molecule has 8 nitrogen and oxygen atoms in total. The summed E-state index contributed by atoms with van der Waals surface area (Å²) in [7, 11) is 0. The van der Waals surface area contributed by atoms with Gasteiger partial charge in [-0.05, 0) is 25.0 Å². The Balaban J connectivity index is 1.79. The summed E-state index contributed by atoms with van der Waals surface area (Å²) in [5, 5.41) is 3.05. The van der Waals surface area contributed by atoms with E-state index in [-0.39, 0.29) is 26.2 Å². The average Bonchev–Trinajstić information content (AvgIpc) is 3.31. The standard InChI is InChI=1S/C26H28N2O6/c1-3-33-24(31)21-19-20(23(30)28(22(19)29)16-18-13-9-6-10-14-18)26(27-21,25(32)34-4-2)15-17-11-7-5-8-12-17/h5-14,19-21,27H,3-4,15-16H2,1-2H3/t19-,20-,21+,26-/m0/s1. The van der Waals surface area contributed by atoms with E-state index in [1.807, 2.05) is 60.7 Å². The normalized spacial score (nSPS) is 25.8. The zero-order valence-corrected chi connectivity index (χ0v) is 19.2. The van der Waals surface area contributed by atoms with Crippen molar-refractivity contribution in [2.24, 2.45) is 11.8 Å². The van der Waals surface area contributed by atoms with Gasteiger partial charge in [0.1, 0.15) is 11.6 Å². The Bertz CT molecular complexity index is 1070. The summed E-state index contributed by atoms with van der Waals surface area (Å²) in [6, 6.07) is 17.1. The molecule has 2 fully saturated rings. The van der Waals surface area contributed by atoms with Crippen LogP contribution in [0.25, 0.3) is 0 Å². The molecule has 2 heterocycles. The number of fused-ring (bicyclic) bond motifs is 1. The van der Waals surface area contributed by atoms with E-state index in [9.17, 15) is 19.2 Å². The number of ether oxygens (including phenoxy) is 2. The molecule has 2 aromatic carbocycles. The predicted octanol–water partition coefficient (Wildman–Crippen LogP) is 1.87. The van der Waals surface area contributed by atoms with E-state index < -0.39 is 47.2 Å². The minimum atomic E-state index is -1.59. The van der Waals surface area contributed by atoms with Crippen LogP contribution in [0.5, 0.6) is 0 Å². The number of carbonyl (C=O) groups excluding carboxylic acids is 4. The molecule has 0 spiro atoms. The van der Waals surface area contributed by atoms with Crippen LogP contribution in [-0.2, 0) is 41.6 Å². The molecule has 2 amide bonds. The van der Waals surface area contributed by atoms with Crippen LogP contribution >= 0.6 is 0 Å². The maximum absolute atomic E-state index is 13.7. The quantitative estimate of drug-likeness (QED) is 0.470. The fourth-order valence-corrected chi connectivity index (χ4v) is 5.02. The number of amides is 2.